The average molecular weight is 344 g/mol. The zero-order valence-corrected chi connectivity index (χ0v) is 14.7. The summed E-state index contributed by atoms with van der Waals surface area (Å²) in [5, 5.41) is 3.52. The van der Waals surface area contributed by atoms with Crippen LogP contribution in [0.2, 0.25) is 0 Å². The molecule has 0 amide bonds. The van der Waals surface area contributed by atoms with E-state index in [9.17, 15) is 8.42 Å². The van der Waals surface area contributed by atoms with Crippen molar-refractivity contribution in [1.29, 1.82) is 0 Å². The van der Waals surface area contributed by atoms with Crippen LogP contribution < -0.4 is 10.0 Å². The molecule has 3 rings (SSSR count). The van der Waals surface area contributed by atoms with Crippen molar-refractivity contribution in [2.45, 2.75) is 49.6 Å². The zero-order chi connectivity index (χ0) is 17.0. The normalized spacial score (nSPS) is 21.4. The van der Waals surface area contributed by atoms with Gasteiger partial charge in [0.2, 0.25) is 10.0 Å². The molecule has 2 aromatic carbocycles. The molecule has 1 aliphatic rings. The number of hydrogen-bond donors (Lipinski definition) is 2. The third-order valence-corrected chi connectivity index (χ3v) is 6.00. The molecule has 5 heteroatoms. The molecule has 0 aliphatic heterocycles. The van der Waals surface area contributed by atoms with E-state index < -0.39 is 10.0 Å². The SMILES string of the molecule is Cc1cccc(N[C@@H]2CCCC[C@H]2NS(=O)(=O)c2ccccc2)c1. The summed E-state index contributed by atoms with van der Waals surface area (Å²) in [6.45, 7) is 2.06. The van der Waals surface area contributed by atoms with Crippen molar-refractivity contribution in [3.8, 4) is 0 Å². The largest absolute Gasteiger partial charge is 0.381 e. The number of benzene rings is 2. The standard InChI is InChI=1S/C19H24N2O2S/c1-15-8-7-9-16(14-15)20-18-12-5-6-13-19(18)21-24(22,23)17-10-3-2-4-11-17/h2-4,7-11,14,18-21H,5-6,12-13H2,1H3/t18-,19-/m1/s1. The van der Waals surface area contributed by atoms with Crippen molar-refractivity contribution in [3.05, 3.63) is 60.2 Å². The summed E-state index contributed by atoms with van der Waals surface area (Å²) in [5.74, 6) is 0. The number of hydrogen-bond acceptors (Lipinski definition) is 3. The zero-order valence-electron chi connectivity index (χ0n) is 13.9. The summed E-state index contributed by atoms with van der Waals surface area (Å²) in [5.41, 5.74) is 2.24. The Hall–Kier alpha value is -1.85. The minimum atomic E-state index is -3.48. The highest BCUT2D eigenvalue weighted by molar-refractivity contribution is 7.89. The van der Waals surface area contributed by atoms with E-state index in [-0.39, 0.29) is 12.1 Å². The molecule has 128 valence electrons. The van der Waals surface area contributed by atoms with Gasteiger partial charge in [-0.2, -0.15) is 0 Å². The maximum atomic E-state index is 12.6. The first-order chi connectivity index (χ1) is 11.5. The molecule has 0 unspecified atom stereocenters. The highest BCUT2D eigenvalue weighted by Crippen LogP contribution is 2.24. The Bertz CT molecular complexity index is 775. The number of anilines is 1. The van der Waals surface area contributed by atoms with Crippen LogP contribution in [-0.2, 0) is 10.0 Å². The molecule has 2 N–H and O–H groups in total. The van der Waals surface area contributed by atoms with E-state index in [1.165, 1.54) is 5.56 Å². The molecule has 0 spiro atoms. The lowest BCUT2D eigenvalue weighted by molar-refractivity contribution is 0.378. The summed E-state index contributed by atoms with van der Waals surface area (Å²) in [7, 11) is -3.48. The Morgan fingerprint density at radius 3 is 2.33 bits per heavy atom. The molecule has 0 saturated heterocycles. The van der Waals surface area contributed by atoms with Crippen LogP contribution in [0.4, 0.5) is 5.69 Å². The molecule has 1 saturated carbocycles. The number of rotatable bonds is 5. The van der Waals surface area contributed by atoms with E-state index in [4.69, 9.17) is 0 Å². The lowest BCUT2D eigenvalue weighted by atomic mass is 9.91. The number of aryl methyl sites for hydroxylation is 1. The van der Waals surface area contributed by atoms with E-state index in [0.717, 1.165) is 31.4 Å². The molecular formula is C19H24N2O2S. The Morgan fingerprint density at radius 2 is 1.62 bits per heavy atom. The van der Waals surface area contributed by atoms with E-state index in [1.807, 2.05) is 18.2 Å². The second-order valence-corrected chi connectivity index (χ2v) is 8.16. The van der Waals surface area contributed by atoms with Gasteiger partial charge in [-0.25, -0.2) is 13.1 Å². The van der Waals surface area contributed by atoms with E-state index >= 15 is 0 Å². The van der Waals surface area contributed by atoms with Gasteiger partial charge < -0.3 is 5.32 Å². The minimum absolute atomic E-state index is 0.0931. The second-order valence-electron chi connectivity index (χ2n) is 6.45. The molecule has 0 bridgehead atoms. The van der Waals surface area contributed by atoms with Crippen LogP contribution in [0.3, 0.4) is 0 Å². The van der Waals surface area contributed by atoms with Gasteiger partial charge in [0.05, 0.1) is 4.90 Å². The van der Waals surface area contributed by atoms with Gasteiger partial charge in [-0.15, -0.1) is 0 Å². The van der Waals surface area contributed by atoms with Crippen molar-refractivity contribution in [2.24, 2.45) is 0 Å². The lowest BCUT2D eigenvalue weighted by Crippen LogP contribution is -2.48. The second kappa shape index (κ2) is 7.36. The quantitative estimate of drug-likeness (QED) is 0.869. The highest BCUT2D eigenvalue weighted by Gasteiger charge is 2.29. The molecule has 4 nitrogen and oxygen atoms in total. The summed E-state index contributed by atoms with van der Waals surface area (Å²) < 4.78 is 28.1. The maximum absolute atomic E-state index is 12.6. The predicted octanol–water partition coefficient (Wildman–Crippen LogP) is 3.70. The Morgan fingerprint density at radius 1 is 0.917 bits per heavy atom. The number of sulfonamides is 1. The minimum Gasteiger partial charge on any atom is -0.381 e. The maximum Gasteiger partial charge on any atom is 0.240 e. The molecule has 1 fully saturated rings. The van der Waals surface area contributed by atoms with Gasteiger partial charge in [0, 0.05) is 17.8 Å². The molecule has 0 heterocycles. The Balaban J connectivity index is 1.75. The summed E-state index contributed by atoms with van der Waals surface area (Å²) in [6.07, 6.45) is 3.99. The van der Waals surface area contributed by atoms with Gasteiger partial charge in [-0.3, -0.25) is 0 Å². The fourth-order valence-corrected chi connectivity index (χ4v) is 4.59. The molecule has 2 atom stereocenters. The summed E-state index contributed by atoms with van der Waals surface area (Å²) in [6, 6.07) is 16.8. The average Bonchev–Trinajstić information content (AvgIpc) is 2.57. The van der Waals surface area contributed by atoms with E-state index in [2.05, 4.69) is 29.1 Å². The van der Waals surface area contributed by atoms with Crippen LogP contribution in [0.5, 0.6) is 0 Å². The van der Waals surface area contributed by atoms with Crippen LogP contribution in [0.1, 0.15) is 31.2 Å². The van der Waals surface area contributed by atoms with Crippen LogP contribution >= 0.6 is 0 Å². The van der Waals surface area contributed by atoms with Crippen molar-refractivity contribution in [1.82, 2.24) is 4.72 Å². The third kappa shape index (κ3) is 4.16. The van der Waals surface area contributed by atoms with Gasteiger partial charge in [0.25, 0.3) is 0 Å². The Labute approximate surface area is 144 Å². The molecular weight excluding hydrogens is 320 g/mol. The fourth-order valence-electron chi connectivity index (χ4n) is 3.26. The van der Waals surface area contributed by atoms with Gasteiger partial charge in [-0.1, -0.05) is 43.2 Å². The smallest absolute Gasteiger partial charge is 0.240 e. The highest BCUT2D eigenvalue weighted by atomic mass is 32.2. The topological polar surface area (TPSA) is 58.2 Å². The summed E-state index contributed by atoms with van der Waals surface area (Å²) >= 11 is 0. The van der Waals surface area contributed by atoms with E-state index in [1.54, 1.807) is 24.3 Å². The third-order valence-electron chi connectivity index (χ3n) is 4.50. The van der Waals surface area contributed by atoms with Gasteiger partial charge in [0.15, 0.2) is 0 Å². The molecule has 0 aromatic heterocycles. The monoisotopic (exact) mass is 344 g/mol. The Kier molecular flexibility index (Phi) is 5.21. The van der Waals surface area contributed by atoms with Crippen molar-refractivity contribution >= 4 is 15.7 Å². The van der Waals surface area contributed by atoms with Crippen LogP contribution in [0, 0.1) is 6.92 Å². The van der Waals surface area contributed by atoms with Crippen molar-refractivity contribution in [3.63, 3.8) is 0 Å². The fraction of sp³-hybridized carbons (Fsp3) is 0.368. The van der Waals surface area contributed by atoms with Crippen molar-refractivity contribution in [2.75, 3.05) is 5.32 Å². The van der Waals surface area contributed by atoms with Gasteiger partial charge >= 0.3 is 0 Å². The molecule has 1 aliphatic carbocycles. The van der Waals surface area contributed by atoms with Crippen LogP contribution in [-0.4, -0.2) is 20.5 Å². The molecule has 2 aromatic rings. The van der Waals surface area contributed by atoms with Gasteiger partial charge in [-0.05, 0) is 49.6 Å². The lowest BCUT2D eigenvalue weighted by Gasteiger charge is -2.33. The summed E-state index contributed by atoms with van der Waals surface area (Å²) in [4.78, 5) is 0.324. The first-order valence-electron chi connectivity index (χ1n) is 8.45. The van der Waals surface area contributed by atoms with E-state index in [0.29, 0.717) is 4.90 Å². The van der Waals surface area contributed by atoms with Gasteiger partial charge in [0.1, 0.15) is 0 Å². The van der Waals surface area contributed by atoms with Crippen molar-refractivity contribution < 1.29 is 8.42 Å². The molecule has 0 radical (unpaired) electrons. The first kappa shape index (κ1) is 17.0. The van der Waals surface area contributed by atoms with Crippen LogP contribution in [0.25, 0.3) is 0 Å². The molecule has 24 heavy (non-hydrogen) atoms. The predicted molar refractivity (Wildman–Crippen MR) is 97.6 cm³/mol. The first-order valence-corrected chi connectivity index (χ1v) is 9.93. The number of nitrogens with one attached hydrogen (secondary N) is 2. The van der Waals surface area contributed by atoms with Crippen LogP contribution in [0.15, 0.2) is 59.5 Å².